The van der Waals surface area contributed by atoms with E-state index in [0.29, 0.717) is 6.54 Å². The molecule has 6 heteroatoms. The predicted molar refractivity (Wildman–Crippen MR) is 94.8 cm³/mol. The number of rotatable bonds is 4. The number of likely N-dealkylation sites (N-methyl/N-ethyl adjacent to an activating group) is 1. The fraction of sp³-hybridized carbons (Fsp3) is 0.412. The third-order valence-corrected chi connectivity index (χ3v) is 3.97. The molecule has 0 aliphatic carbocycles. The lowest BCUT2D eigenvalue weighted by molar-refractivity contribution is -0.132. The van der Waals surface area contributed by atoms with Crippen LogP contribution in [0.5, 0.6) is 0 Å². The summed E-state index contributed by atoms with van der Waals surface area (Å²) in [4.78, 5) is 20.7. The SMILES string of the molecule is CN(CC(=O)N1CCNCC1)Cc1cnc2ccccc2c1.Cl. The van der Waals surface area contributed by atoms with Crippen LogP contribution in [0.2, 0.25) is 0 Å². The number of hydrogen-bond donors (Lipinski definition) is 1. The van der Waals surface area contributed by atoms with E-state index in [0.717, 1.165) is 49.2 Å². The summed E-state index contributed by atoms with van der Waals surface area (Å²) in [5.41, 5.74) is 2.14. The quantitative estimate of drug-likeness (QED) is 0.921. The summed E-state index contributed by atoms with van der Waals surface area (Å²) in [5, 5.41) is 4.40. The summed E-state index contributed by atoms with van der Waals surface area (Å²) in [6, 6.07) is 10.2. The Bertz CT molecular complexity index is 658. The van der Waals surface area contributed by atoms with E-state index < -0.39 is 0 Å². The van der Waals surface area contributed by atoms with Gasteiger partial charge in [-0.15, -0.1) is 12.4 Å². The number of halogens is 1. The van der Waals surface area contributed by atoms with Crippen molar-refractivity contribution < 1.29 is 4.79 Å². The van der Waals surface area contributed by atoms with Crippen LogP contribution < -0.4 is 5.32 Å². The van der Waals surface area contributed by atoms with Crippen LogP contribution in [0.4, 0.5) is 0 Å². The van der Waals surface area contributed by atoms with Gasteiger partial charge in [-0.3, -0.25) is 14.7 Å². The van der Waals surface area contributed by atoms with Crippen LogP contribution in [0.25, 0.3) is 10.9 Å². The van der Waals surface area contributed by atoms with Crippen LogP contribution in [0.1, 0.15) is 5.56 Å². The van der Waals surface area contributed by atoms with Crippen LogP contribution in [0, 0.1) is 0 Å². The van der Waals surface area contributed by atoms with Crippen molar-refractivity contribution in [3.63, 3.8) is 0 Å². The molecule has 0 saturated carbocycles. The highest BCUT2D eigenvalue weighted by Gasteiger charge is 2.17. The Morgan fingerprint density at radius 1 is 1.30 bits per heavy atom. The number of nitrogens with one attached hydrogen (secondary N) is 1. The second-order valence-electron chi connectivity index (χ2n) is 5.84. The molecular formula is C17H23ClN4O. The van der Waals surface area contributed by atoms with Gasteiger partial charge in [0.15, 0.2) is 0 Å². The maximum atomic E-state index is 12.3. The van der Waals surface area contributed by atoms with Crippen molar-refractivity contribution >= 4 is 29.2 Å². The number of nitrogens with zero attached hydrogens (tertiary/aromatic N) is 3. The van der Waals surface area contributed by atoms with E-state index in [4.69, 9.17) is 0 Å². The molecule has 3 rings (SSSR count). The second-order valence-corrected chi connectivity index (χ2v) is 5.84. The minimum Gasteiger partial charge on any atom is -0.339 e. The number of piperazine rings is 1. The highest BCUT2D eigenvalue weighted by molar-refractivity contribution is 5.85. The van der Waals surface area contributed by atoms with Crippen molar-refractivity contribution in [3.8, 4) is 0 Å². The van der Waals surface area contributed by atoms with Gasteiger partial charge in [-0.05, 0) is 24.7 Å². The lowest BCUT2D eigenvalue weighted by atomic mass is 10.1. The van der Waals surface area contributed by atoms with Gasteiger partial charge in [0, 0.05) is 44.3 Å². The molecule has 2 heterocycles. The van der Waals surface area contributed by atoms with Crippen molar-refractivity contribution in [3.05, 3.63) is 42.1 Å². The third-order valence-electron chi connectivity index (χ3n) is 3.97. The number of pyridine rings is 1. The van der Waals surface area contributed by atoms with Gasteiger partial charge in [0.25, 0.3) is 0 Å². The van der Waals surface area contributed by atoms with Crippen molar-refractivity contribution in [1.29, 1.82) is 0 Å². The Balaban J connectivity index is 0.00000192. The first-order valence-electron chi connectivity index (χ1n) is 7.73. The van der Waals surface area contributed by atoms with E-state index in [-0.39, 0.29) is 18.3 Å². The molecule has 1 N–H and O–H groups in total. The fourth-order valence-electron chi connectivity index (χ4n) is 2.82. The van der Waals surface area contributed by atoms with Gasteiger partial charge in [-0.25, -0.2) is 0 Å². The van der Waals surface area contributed by atoms with Gasteiger partial charge < -0.3 is 10.2 Å². The molecule has 5 nitrogen and oxygen atoms in total. The monoisotopic (exact) mass is 334 g/mol. The molecule has 1 amide bonds. The van der Waals surface area contributed by atoms with Crippen molar-refractivity contribution in [2.75, 3.05) is 39.8 Å². The van der Waals surface area contributed by atoms with E-state index in [1.54, 1.807) is 0 Å². The molecule has 0 atom stereocenters. The molecule has 124 valence electrons. The minimum atomic E-state index is 0. The first-order valence-corrected chi connectivity index (χ1v) is 7.73. The van der Waals surface area contributed by atoms with Gasteiger partial charge in [0.1, 0.15) is 0 Å². The van der Waals surface area contributed by atoms with E-state index in [1.807, 2.05) is 36.3 Å². The summed E-state index contributed by atoms with van der Waals surface area (Å²) in [7, 11) is 1.98. The first kappa shape index (κ1) is 17.7. The van der Waals surface area contributed by atoms with E-state index >= 15 is 0 Å². The molecule has 0 spiro atoms. The molecule has 2 aromatic rings. The van der Waals surface area contributed by atoms with Crippen LogP contribution in [0.15, 0.2) is 36.5 Å². The molecule has 1 saturated heterocycles. The van der Waals surface area contributed by atoms with Crippen LogP contribution in [0.3, 0.4) is 0 Å². The molecule has 0 bridgehead atoms. The minimum absolute atomic E-state index is 0. The lowest BCUT2D eigenvalue weighted by Gasteiger charge is -2.29. The maximum Gasteiger partial charge on any atom is 0.236 e. The van der Waals surface area contributed by atoms with Gasteiger partial charge in [-0.1, -0.05) is 18.2 Å². The Morgan fingerprint density at radius 2 is 2.04 bits per heavy atom. The number of hydrogen-bond acceptors (Lipinski definition) is 4. The normalized spacial score (nSPS) is 14.8. The zero-order valence-electron chi connectivity index (χ0n) is 13.4. The number of aromatic nitrogens is 1. The number of carbonyl (C=O) groups excluding carboxylic acids is 1. The molecular weight excluding hydrogens is 312 g/mol. The molecule has 1 aliphatic heterocycles. The highest BCUT2D eigenvalue weighted by Crippen LogP contribution is 2.13. The summed E-state index contributed by atoms with van der Waals surface area (Å²) >= 11 is 0. The number of fused-ring (bicyclic) bond motifs is 1. The zero-order chi connectivity index (χ0) is 15.4. The second kappa shape index (κ2) is 8.24. The first-order chi connectivity index (χ1) is 10.7. The highest BCUT2D eigenvalue weighted by atomic mass is 35.5. The van der Waals surface area contributed by atoms with Crippen molar-refractivity contribution in [1.82, 2.24) is 20.1 Å². The number of para-hydroxylation sites is 1. The Hall–Kier alpha value is -1.69. The predicted octanol–water partition coefficient (Wildman–Crippen LogP) is 1.52. The largest absolute Gasteiger partial charge is 0.339 e. The number of amides is 1. The molecule has 1 aliphatic rings. The van der Waals surface area contributed by atoms with Crippen molar-refractivity contribution in [2.45, 2.75) is 6.54 Å². The van der Waals surface area contributed by atoms with E-state index in [9.17, 15) is 4.79 Å². The Morgan fingerprint density at radius 3 is 2.83 bits per heavy atom. The number of carbonyl (C=O) groups is 1. The molecule has 0 unspecified atom stereocenters. The number of benzene rings is 1. The topological polar surface area (TPSA) is 48.5 Å². The van der Waals surface area contributed by atoms with Crippen molar-refractivity contribution in [2.24, 2.45) is 0 Å². The van der Waals surface area contributed by atoms with E-state index in [1.165, 1.54) is 0 Å². The third kappa shape index (κ3) is 4.64. The fourth-order valence-corrected chi connectivity index (χ4v) is 2.82. The summed E-state index contributed by atoms with van der Waals surface area (Å²) in [6.07, 6.45) is 1.90. The zero-order valence-corrected chi connectivity index (χ0v) is 14.2. The molecule has 23 heavy (non-hydrogen) atoms. The average molecular weight is 335 g/mol. The van der Waals surface area contributed by atoms with Crippen LogP contribution in [-0.4, -0.2) is 60.5 Å². The van der Waals surface area contributed by atoms with Gasteiger partial charge in [0.2, 0.25) is 5.91 Å². The van der Waals surface area contributed by atoms with E-state index in [2.05, 4.69) is 27.3 Å². The molecule has 1 aromatic heterocycles. The molecule has 1 fully saturated rings. The van der Waals surface area contributed by atoms with Gasteiger partial charge in [0.05, 0.1) is 12.1 Å². The lowest BCUT2D eigenvalue weighted by Crippen LogP contribution is -2.49. The maximum absolute atomic E-state index is 12.3. The van der Waals surface area contributed by atoms with Crippen LogP contribution >= 0.6 is 12.4 Å². The molecule has 1 aromatic carbocycles. The van der Waals surface area contributed by atoms with Gasteiger partial charge >= 0.3 is 0 Å². The van der Waals surface area contributed by atoms with Crippen LogP contribution in [-0.2, 0) is 11.3 Å². The Kier molecular flexibility index (Phi) is 6.33. The standard InChI is InChI=1S/C17H22N4O.ClH/c1-20(13-17(22)21-8-6-18-7-9-21)12-14-10-15-4-2-3-5-16(15)19-11-14;/h2-5,10-11,18H,6-9,12-13H2,1H3;1H. The summed E-state index contributed by atoms with van der Waals surface area (Å²) < 4.78 is 0. The summed E-state index contributed by atoms with van der Waals surface area (Å²) in [6.45, 7) is 4.59. The van der Waals surface area contributed by atoms with Gasteiger partial charge in [-0.2, -0.15) is 0 Å². The molecule has 0 radical (unpaired) electrons. The Labute approximate surface area is 143 Å². The smallest absolute Gasteiger partial charge is 0.236 e. The summed E-state index contributed by atoms with van der Waals surface area (Å²) in [5.74, 6) is 0.206. The average Bonchev–Trinajstić information content (AvgIpc) is 2.55.